The number of nitriles is 1. The van der Waals surface area contributed by atoms with E-state index >= 15 is 0 Å². The van der Waals surface area contributed by atoms with Crippen molar-refractivity contribution in [2.24, 2.45) is 0 Å². The first-order valence-corrected chi connectivity index (χ1v) is 5.61. The van der Waals surface area contributed by atoms with Crippen LogP contribution in [0.3, 0.4) is 0 Å². The van der Waals surface area contributed by atoms with Gasteiger partial charge in [-0.1, -0.05) is 19.1 Å². The maximum atomic E-state index is 13.8. The summed E-state index contributed by atoms with van der Waals surface area (Å²) in [6.07, 6.45) is 0.832. The van der Waals surface area contributed by atoms with Gasteiger partial charge in [0.05, 0.1) is 17.5 Å². The van der Waals surface area contributed by atoms with E-state index in [4.69, 9.17) is 5.26 Å². The van der Waals surface area contributed by atoms with E-state index in [2.05, 4.69) is 0 Å². The van der Waals surface area contributed by atoms with Crippen molar-refractivity contribution in [2.75, 3.05) is 13.1 Å². The average molecular weight is 251 g/mol. The highest BCUT2D eigenvalue weighted by atomic mass is 19.1. The average Bonchev–Trinajstić information content (AvgIpc) is 2.32. The van der Waals surface area contributed by atoms with Gasteiger partial charge >= 0.3 is 5.69 Å². The number of rotatable bonds is 6. The molecule has 0 heterocycles. The molecule has 0 aromatic heterocycles. The van der Waals surface area contributed by atoms with Gasteiger partial charge in [-0.2, -0.15) is 9.65 Å². The Labute approximate surface area is 105 Å². The molecule has 18 heavy (non-hydrogen) atoms. The van der Waals surface area contributed by atoms with Gasteiger partial charge in [0.1, 0.15) is 0 Å². The van der Waals surface area contributed by atoms with Crippen LogP contribution in [-0.2, 0) is 6.54 Å². The van der Waals surface area contributed by atoms with Crippen molar-refractivity contribution in [3.8, 4) is 6.07 Å². The van der Waals surface area contributed by atoms with Crippen LogP contribution in [0.25, 0.3) is 0 Å². The summed E-state index contributed by atoms with van der Waals surface area (Å²) in [6.45, 7) is 2.98. The molecule has 0 aliphatic heterocycles. The smallest absolute Gasteiger partial charge is 0.286 e. The van der Waals surface area contributed by atoms with Gasteiger partial charge in [0.2, 0.25) is 5.82 Å². The zero-order chi connectivity index (χ0) is 13.5. The SMILES string of the molecule is CCCN(CC#N)Cc1cccc([N+](=O)[O-])c1F. The first-order chi connectivity index (χ1) is 8.60. The van der Waals surface area contributed by atoms with Crippen molar-refractivity contribution in [3.63, 3.8) is 0 Å². The van der Waals surface area contributed by atoms with E-state index in [1.54, 1.807) is 4.90 Å². The number of nitrogens with zero attached hydrogens (tertiary/aromatic N) is 3. The lowest BCUT2D eigenvalue weighted by Crippen LogP contribution is -2.25. The molecule has 0 bridgehead atoms. The molecule has 1 aromatic carbocycles. The van der Waals surface area contributed by atoms with E-state index in [0.29, 0.717) is 6.54 Å². The Morgan fingerprint density at radius 2 is 2.28 bits per heavy atom. The third-order valence-corrected chi connectivity index (χ3v) is 2.48. The lowest BCUT2D eigenvalue weighted by atomic mass is 10.1. The van der Waals surface area contributed by atoms with Crippen molar-refractivity contribution in [3.05, 3.63) is 39.7 Å². The molecule has 0 saturated heterocycles. The van der Waals surface area contributed by atoms with Gasteiger partial charge in [-0.3, -0.25) is 15.0 Å². The van der Waals surface area contributed by atoms with E-state index in [-0.39, 0.29) is 18.7 Å². The van der Waals surface area contributed by atoms with Gasteiger partial charge in [0, 0.05) is 18.2 Å². The van der Waals surface area contributed by atoms with Gasteiger partial charge in [0.25, 0.3) is 0 Å². The van der Waals surface area contributed by atoms with Crippen LogP contribution in [0.4, 0.5) is 10.1 Å². The van der Waals surface area contributed by atoms with Crippen molar-refractivity contribution >= 4 is 5.69 Å². The summed E-state index contributed by atoms with van der Waals surface area (Å²) in [5.74, 6) is -0.818. The summed E-state index contributed by atoms with van der Waals surface area (Å²) in [5, 5.41) is 19.3. The lowest BCUT2D eigenvalue weighted by molar-refractivity contribution is -0.387. The van der Waals surface area contributed by atoms with Crippen LogP contribution in [0.1, 0.15) is 18.9 Å². The maximum absolute atomic E-state index is 13.8. The second kappa shape index (κ2) is 6.67. The maximum Gasteiger partial charge on any atom is 0.305 e. The van der Waals surface area contributed by atoms with Crippen molar-refractivity contribution in [1.29, 1.82) is 5.26 Å². The molecule has 0 aliphatic carbocycles. The van der Waals surface area contributed by atoms with Gasteiger partial charge in [-0.05, 0) is 13.0 Å². The summed E-state index contributed by atoms with van der Waals surface area (Å²) in [7, 11) is 0. The molecule has 0 radical (unpaired) electrons. The van der Waals surface area contributed by atoms with Crippen molar-refractivity contribution < 1.29 is 9.31 Å². The molecule has 0 saturated carbocycles. The van der Waals surface area contributed by atoms with Crippen LogP contribution >= 0.6 is 0 Å². The summed E-state index contributed by atoms with van der Waals surface area (Å²) >= 11 is 0. The number of hydrogen-bond acceptors (Lipinski definition) is 4. The summed E-state index contributed by atoms with van der Waals surface area (Å²) in [4.78, 5) is 11.6. The largest absolute Gasteiger partial charge is 0.305 e. The zero-order valence-corrected chi connectivity index (χ0v) is 10.1. The molecule has 1 rings (SSSR count). The Balaban J connectivity index is 2.93. The van der Waals surface area contributed by atoms with Crippen LogP contribution in [0.15, 0.2) is 18.2 Å². The number of benzene rings is 1. The molecular weight excluding hydrogens is 237 g/mol. The highest BCUT2D eigenvalue weighted by Gasteiger charge is 2.18. The molecule has 0 N–H and O–H groups in total. The molecule has 6 heteroatoms. The Morgan fingerprint density at radius 1 is 1.56 bits per heavy atom. The second-order valence-corrected chi connectivity index (χ2v) is 3.88. The van der Waals surface area contributed by atoms with Gasteiger partial charge in [-0.25, -0.2) is 0 Å². The van der Waals surface area contributed by atoms with E-state index in [1.165, 1.54) is 12.1 Å². The summed E-state index contributed by atoms with van der Waals surface area (Å²) in [5.41, 5.74) is -0.284. The predicted octanol–water partition coefficient (Wildman–Crippen LogP) is 2.47. The Morgan fingerprint density at radius 3 is 2.83 bits per heavy atom. The topological polar surface area (TPSA) is 70.2 Å². The summed E-state index contributed by atoms with van der Waals surface area (Å²) in [6, 6.07) is 6.09. The third kappa shape index (κ3) is 3.50. The van der Waals surface area contributed by atoms with Crippen molar-refractivity contribution in [2.45, 2.75) is 19.9 Å². The fourth-order valence-corrected chi connectivity index (χ4v) is 1.70. The van der Waals surface area contributed by atoms with Crippen LogP contribution in [-0.4, -0.2) is 22.9 Å². The monoisotopic (exact) mass is 251 g/mol. The molecule has 0 aliphatic rings. The third-order valence-electron chi connectivity index (χ3n) is 2.48. The number of nitro groups is 1. The minimum absolute atomic E-state index is 0.177. The fraction of sp³-hybridized carbons (Fsp3) is 0.417. The molecule has 5 nitrogen and oxygen atoms in total. The van der Waals surface area contributed by atoms with Crippen LogP contribution in [0.2, 0.25) is 0 Å². The van der Waals surface area contributed by atoms with E-state index < -0.39 is 16.4 Å². The first kappa shape index (κ1) is 14.1. The highest BCUT2D eigenvalue weighted by Crippen LogP contribution is 2.21. The molecule has 0 spiro atoms. The highest BCUT2D eigenvalue weighted by molar-refractivity contribution is 5.36. The standard InChI is InChI=1S/C12H14FN3O2/c1-2-7-15(8-6-14)9-10-4-3-5-11(12(10)13)16(17)18/h3-5H,2,7-9H2,1H3. The Bertz CT molecular complexity index is 471. The molecule has 0 atom stereocenters. The Kier molecular flexibility index (Phi) is 5.21. The second-order valence-electron chi connectivity index (χ2n) is 3.88. The zero-order valence-electron chi connectivity index (χ0n) is 10.1. The van der Waals surface area contributed by atoms with Crippen molar-refractivity contribution in [1.82, 2.24) is 4.90 Å². The minimum Gasteiger partial charge on any atom is -0.286 e. The molecule has 1 aromatic rings. The van der Waals surface area contributed by atoms with Crippen LogP contribution in [0.5, 0.6) is 0 Å². The van der Waals surface area contributed by atoms with E-state index in [1.807, 2.05) is 13.0 Å². The molecular formula is C12H14FN3O2. The summed E-state index contributed by atoms with van der Waals surface area (Å²) < 4.78 is 13.8. The Hall–Kier alpha value is -2.00. The van der Waals surface area contributed by atoms with Gasteiger partial charge < -0.3 is 0 Å². The fourth-order valence-electron chi connectivity index (χ4n) is 1.70. The van der Waals surface area contributed by atoms with E-state index in [0.717, 1.165) is 12.5 Å². The quantitative estimate of drug-likeness (QED) is 0.442. The molecule has 0 amide bonds. The molecule has 0 unspecified atom stereocenters. The van der Waals surface area contributed by atoms with Gasteiger partial charge in [0.15, 0.2) is 0 Å². The number of hydrogen-bond donors (Lipinski definition) is 0. The number of halogens is 1. The van der Waals surface area contributed by atoms with E-state index in [9.17, 15) is 14.5 Å². The molecule has 0 fully saturated rings. The van der Waals surface area contributed by atoms with Crippen LogP contribution in [0, 0.1) is 27.3 Å². The lowest BCUT2D eigenvalue weighted by Gasteiger charge is -2.18. The van der Waals surface area contributed by atoms with Gasteiger partial charge in [-0.15, -0.1) is 0 Å². The normalized spacial score (nSPS) is 10.3. The minimum atomic E-state index is -0.818. The van der Waals surface area contributed by atoms with Crippen LogP contribution < -0.4 is 0 Å². The number of nitro benzene ring substituents is 1. The first-order valence-electron chi connectivity index (χ1n) is 5.61. The molecule has 96 valence electrons. The predicted molar refractivity (Wildman–Crippen MR) is 64.2 cm³/mol.